The maximum atomic E-state index is 13.1. The van der Waals surface area contributed by atoms with E-state index in [4.69, 9.17) is 0 Å². The van der Waals surface area contributed by atoms with Gasteiger partial charge in [0.1, 0.15) is 0 Å². The Balaban J connectivity index is 1.43. The number of nitro benzene ring substituents is 1. The summed E-state index contributed by atoms with van der Waals surface area (Å²) in [4.78, 5) is 14.8. The highest BCUT2D eigenvalue weighted by Gasteiger charge is 2.31. The molecule has 172 valence electrons. The van der Waals surface area contributed by atoms with Gasteiger partial charge >= 0.3 is 0 Å². The molecule has 1 aromatic heterocycles. The molecule has 0 amide bonds. The van der Waals surface area contributed by atoms with Crippen LogP contribution >= 0.6 is 0 Å². The van der Waals surface area contributed by atoms with Crippen molar-refractivity contribution in [3.8, 4) is 0 Å². The zero-order valence-corrected chi connectivity index (χ0v) is 19.0. The summed E-state index contributed by atoms with van der Waals surface area (Å²) in [6.45, 7) is 5.16. The Morgan fingerprint density at radius 1 is 0.844 bits per heavy atom. The minimum absolute atomic E-state index is 0.0123. The summed E-state index contributed by atoms with van der Waals surface area (Å²) in [5, 5.41) is 19.9. The summed E-state index contributed by atoms with van der Waals surface area (Å²) in [6.07, 6.45) is 4.85. The first-order valence-electron chi connectivity index (χ1n) is 10.9. The number of rotatable bonds is 5. The number of anilines is 2. The summed E-state index contributed by atoms with van der Waals surface area (Å²) in [7, 11) is -3.82. The molecule has 11 heteroatoms. The standard InChI is InChI=1S/C21H28N6O4S/c1-17-6-7-18(27(28)29)16-19(17)32(30,31)26-14-12-25(13-15-26)21-9-8-20(22-23-21)24-10-4-2-3-5-11-24/h6-9,16H,2-5,10-15H2,1H3. The maximum Gasteiger partial charge on any atom is 0.270 e. The Hall–Kier alpha value is -2.79. The molecule has 0 N–H and O–H groups in total. The largest absolute Gasteiger partial charge is 0.355 e. The topological polar surface area (TPSA) is 113 Å². The van der Waals surface area contributed by atoms with Crippen molar-refractivity contribution in [1.29, 1.82) is 0 Å². The number of aryl methyl sites for hydroxylation is 1. The van der Waals surface area contributed by atoms with E-state index in [1.165, 1.54) is 42.1 Å². The van der Waals surface area contributed by atoms with Crippen molar-refractivity contribution >= 4 is 27.3 Å². The molecule has 0 atom stereocenters. The van der Waals surface area contributed by atoms with Gasteiger partial charge in [0.25, 0.3) is 5.69 Å². The third kappa shape index (κ3) is 4.68. The zero-order chi connectivity index (χ0) is 22.7. The number of nitrogens with zero attached hydrogens (tertiary/aromatic N) is 6. The Kier molecular flexibility index (Phi) is 6.56. The lowest BCUT2D eigenvalue weighted by atomic mass is 10.2. The van der Waals surface area contributed by atoms with Crippen molar-refractivity contribution in [2.24, 2.45) is 0 Å². The molecular formula is C21H28N6O4S. The van der Waals surface area contributed by atoms with E-state index in [0.29, 0.717) is 18.7 Å². The summed E-state index contributed by atoms with van der Waals surface area (Å²) in [5.41, 5.74) is 0.264. The minimum Gasteiger partial charge on any atom is -0.355 e. The summed E-state index contributed by atoms with van der Waals surface area (Å²) in [6, 6.07) is 7.87. The molecule has 0 radical (unpaired) electrons. The number of hydrogen-bond acceptors (Lipinski definition) is 8. The van der Waals surface area contributed by atoms with Crippen LogP contribution in [0, 0.1) is 17.0 Å². The second kappa shape index (κ2) is 9.37. The van der Waals surface area contributed by atoms with Crippen molar-refractivity contribution in [2.75, 3.05) is 49.1 Å². The lowest BCUT2D eigenvalue weighted by Crippen LogP contribution is -2.49. The van der Waals surface area contributed by atoms with Gasteiger partial charge in [0, 0.05) is 51.4 Å². The maximum absolute atomic E-state index is 13.1. The number of aromatic nitrogens is 2. The van der Waals surface area contributed by atoms with Gasteiger partial charge in [-0.2, -0.15) is 4.31 Å². The average molecular weight is 461 g/mol. The molecule has 2 aliphatic heterocycles. The van der Waals surface area contributed by atoms with Crippen LogP contribution in [0.4, 0.5) is 17.3 Å². The molecule has 2 fully saturated rings. The summed E-state index contributed by atoms with van der Waals surface area (Å²) >= 11 is 0. The van der Waals surface area contributed by atoms with E-state index in [1.54, 1.807) is 6.92 Å². The van der Waals surface area contributed by atoms with E-state index in [1.807, 2.05) is 17.0 Å². The first-order chi connectivity index (χ1) is 15.4. The predicted octanol–water partition coefficient (Wildman–Crippen LogP) is 2.58. The van der Waals surface area contributed by atoms with Gasteiger partial charge in [0.05, 0.1) is 9.82 Å². The number of nitro groups is 1. The van der Waals surface area contributed by atoms with Gasteiger partial charge < -0.3 is 9.80 Å². The second-order valence-electron chi connectivity index (χ2n) is 8.25. The smallest absolute Gasteiger partial charge is 0.270 e. The summed E-state index contributed by atoms with van der Waals surface area (Å²) < 4.78 is 27.6. The van der Waals surface area contributed by atoms with Crippen LogP contribution in [0.1, 0.15) is 31.2 Å². The van der Waals surface area contributed by atoms with Gasteiger partial charge in [0.15, 0.2) is 11.6 Å². The molecule has 0 saturated carbocycles. The van der Waals surface area contributed by atoms with E-state index in [-0.39, 0.29) is 23.7 Å². The predicted molar refractivity (Wildman–Crippen MR) is 122 cm³/mol. The van der Waals surface area contributed by atoms with Gasteiger partial charge in [-0.05, 0) is 37.5 Å². The van der Waals surface area contributed by atoms with Gasteiger partial charge in [-0.15, -0.1) is 10.2 Å². The monoisotopic (exact) mass is 460 g/mol. The van der Waals surface area contributed by atoms with Crippen molar-refractivity contribution in [3.63, 3.8) is 0 Å². The van der Waals surface area contributed by atoms with Crippen molar-refractivity contribution in [2.45, 2.75) is 37.5 Å². The van der Waals surface area contributed by atoms with Gasteiger partial charge in [0.2, 0.25) is 10.0 Å². The molecule has 10 nitrogen and oxygen atoms in total. The molecule has 4 rings (SSSR count). The molecule has 0 spiro atoms. The lowest BCUT2D eigenvalue weighted by molar-refractivity contribution is -0.385. The lowest BCUT2D eigenvalue weighted by Gasteiger charge is -2.34. The van der Waals surface area contributed by atoms with E-state index in [9.17, 15) is 18.5 Å². The number of sulfonamides is 1. The van der Waals surface area contributed by atoms with Crippen LogP contribution in [0.25, 0.3) is 0 Å². The van der Waals surface area contributed by atoms with E-state index < -0.39 is 14.9 Å². The number of non-ortho nitro benzene ring substituents is 1. The average Bonchev–Trinajstić information content (AvgIpc) is 3.09. The van der Waals surface area contributed by atoms with Crippen LogP contribution in [0.5, 0.6) is 0 Å². The number of hydrogen-bond donors (Lipinski definition) is 0. The highest BCUT2D eigenvalue weighted by molar-refractivity contribution is 7.89. The van der Waals surface area contributed by atoms with Crippen LogP contribution in [0.3, 0.4) is 0 Å². The third-order valence-corrected chi connectivity index (χ3v) is 8.17. The van der Waals surface area contributed by atoms with Gasteiger partial charge in [-0.25, -0.2) is 8.42 Å². The number of benzene rings is 1. The minimum atomic E-state index is -3.82. The third-order valence-electron chi connectivity index (χ3n) is 6.13. The fraction of sp³-hybridized carbons (Fsp3) is 0.524. The zero-order valence-electron chi connectivity index (χ0n) is 18.2. The van der Waals surface area contributed by atoms with Gasteiger partial charge in [-0.3, -0.25) is 10.1 Å². The SMILES string of the molecule is Cc1ccc([N+](=O)[O-])cc1S(=O)(=O)N1CCN(c2ccc(N3CCCCCC3)nn2)CC1. The first kappa shape index (κ1) is 22.4. The molecule has 0 unspecified atom stereocenters. The first-order valence-corrected chi connectivity index (χ1v) is 12.4. The van der Waals surface area contributed by atoms with Crippen LogP contribution in [0.2, 0.25) is 0 Å². The molecule has 32 heavy (non-hydrogen) atoms. The van der Waals surface area contributed by atoms with Crippen LogP contribution < -0.4 is 9.80 Å². The van der Waals surface area contributed by atoms with Crippen LogP contribution in [-0.2, 0) is 10.0 Å². The number of piperazine rings is 1. The summed E-state index contributed by atoms with van der Waals surface area (Å²) in [5.74, 6) is 1.62. The normalized spacial score (nSPS) is 18.4. The molecule has 2 aliphatic rings. The molecule has 3 heterocycles. The molecule has 0 bridgehead atoms. The molecule has 1 aromatic carbocycles. The van der Waals surface area contributed by atoms with Crippen molar-refractivity contribution in [3.05, 3.63) is 46.0 Å². The van der Waals surface area contributed by atoms with E-state index >= 15 is 0 Å². The van der Waals surface area contributed by atoms with E-state index in [0.717, 1.165) is 30.8 Å². The molecular weight excluding hydrogens is 432 g/mol. The van der Waals surface area contributed by atoms with Crippen molar-refractivity contribution < 1.29 is 13.3 Å². The Morgan fingerprint density at radius 2 is 1.41 bits per heavy atom. The Bertz CT molecular complexity index is 1060. The molecule has 2 saturated heterocycles. The molecule has 0 aliphatic carbocycles. The quantitative estimate of drug-likeness (QED) is 0.494. The fourth-order valence-electron chi connectivity index (χ4n) is 4.23. The highest BCUT2D eigenvalue weighted by atomic mass is 32.2. The van der Waals surface area contributed by atoms with Crippen LogP contribution in [0.15, 0.2) is 35.2 Å². The van der Waals surface area contributed by atoms with Crippen LogP contribution in [-0.4, -0.2) is 67.1 Å². The molecule has 2 aromatic rings. The fourth-order valence-corrected chi connectivity index (χ4v) is 5.90. The van der Waals surface area contributed by atoms with Crippen molar-refractivity contribution in [1.82, 2.24) is 14.5 Å². The second-order valence-corrected chi connectivity index (χ2v) is 10.2. The van der Waals surface area contributed by atoms with Gasteiger partial charge in [-0.1, -0.05) is 18.9 Å². The van der Waals surface area contributed by atoms with E-state index in [2.05, 4.69) is 15.1 Å². The Labute approximate surface area is 188 Å². The highest BCUT2D eigenvalue weighted by Crippen LogP contribution is 2.26. The Morgan fingerprint density at radius 3 is 1.94 bits per heavy atom.